The summed E-state index contributed by atoms with van der Waals surface area (Å²) >= 11 is 0. The topological polar surface area (TPSA) is 29.5 Å². The normalized spacial score (nSPS) is 32.5. The van der Waals surface area contributed by atoms with Gasteiger partial charge < -0.3 is 9.64 Å². The number of amides is 1. The number of nitrogens with zero attached hydrogens (tertiary/aromatic N) is 1. The van der Waals surface area contributed by atoms with Crippen molar-refractivity contribution >= 4 is 6.09 Å². The Kier molecular flexibility index (Phi) is 2.89. The summed E-state index contributed by atoms with van der Waals surface area (Å²) in [5.41, 5.74) is -0.374. The van der Waals surface area contributed by atoms with E-state index >= 15 is 0 Å². The molecular weight excluding hydrogens is 202 g/mol. The molecule has 2 aliphatic rings. The highest BCUT2D eigenvalue weighted by molar-refractivity contribution is 5.69. The molecule has 1 amide bonds. The third-order valence-electron chi connectivity index (χ3n) is 3.52. The lowest BCUT2D eigenvalue weighted by Crippen LogP contribution is -2.41. The maximum atomic E-state index is 12.0. The zero-order valence-corrected chi connectivity index (χ0v) is 10.8. The maximum Gasteiger partial charge on any atom is 0.410 e. The van der Waals surface area contributed by atoms with Crippen molar-refractivity contribution in [1.82, 2.24) is 4.90 Å². The molecule has 0 radical (unpaired) electrons. The zero-order valence-electron chi connectivity index (χ0n) is 10.8. The van der Waals surface area contributed by atoms with Gasteiger partial charge in [-0.2, -0.15) is 0 Å². The molecule has 2 rings (SSSR count). The first-order valence-electron chi connectivity index (χ1n) is 6.42. The van der Waals surface area contributed by atoms with Crippen LogP contribution in [0.3, 0.4) is 0 Å². The molecule has 0 aromatic heterocycles. The Morgan fingerprint density at radius 2 is 2.12 bits per heavy atom. The van der Waals surface area contributed by atoms with Gasteiger partial charge in [0.15, 0.2) is 0 Å². The van der Waals surface area contributed by atoms with E-state index in [0.717, 1.165) is 31.2 Å². The minimum atomic E-state index is -0.374. The number of carbonyl (C=O) groups is 1. The number of rotatable bonds is 2. The number of likely N-dealkylation sites (tertiary alicyclic amines) is 1. The molecule has 2 fully saturated rings. The Morgan fingerprint density at radius 3 is 2.69 bits per heavy atom. The molecule has 0 bridgehead atoms. The van der Waals surface area contributed by atoms with Crippen molar-refractivity contribution < 1.29 is 9.53 Å². The van der Waals surface area contributed by atoms with Crippen LogP contribution < -0.4 is 0 Å². The van der Waals surface area contributed by atoms with Crippen molar-refractivity contribution in [3.8, 4) is 0 Å². The third kappa shape index (κ3) is 2.33. The summed E-state index contributed by atoms with van der Waals surface area (Å²) in [6.45, 7) is 8.89. The van der Waals surface area contributed by atoms with Crippen LogP contribution >= 0.6 is 0 Å². The average Bonchev–Trinajstić information content (AvgIpc) is 2.81. The molecule has 92 valence electrons. The standard InChI is InChI=1S/C13H23NO2/c1-5-6-11-10-7-9(10)8-14(11)12(15)16-13(2,3)4/h9-11H,5-8H2,1-4H3/t9-,10-,11-/m1/s1. The van der Waals surface area contributed by atoms with E-state index in [9.17, 15) is 4.79 Å². The first kappa shape index (κ1) is 11.7. The van der Waals surface area contributed by atoms with Gasteiger partial charge in [-0.15, -0.1) is 0 Å². The molecule has 0 aromatic carbocycles. The molecule has 3 heteroatoms. The Hall–Kier alpha value is -0.730. The summed E-state index contributed by atoms with van der Waals surface area (Å²) in [7, 11) is 0. The van der Waals surface area contributed by atoms with Gasteiger partial charge in [0.2, 0.25) is 0 Å². The smallest absolute Gasteiger partial charge is 0.410 e. The highest BCUT2D eigenvalue weighted by Gasteiger charge is 2.54. The minimum Gasteiger partial charge on any atom is -0.444 e. The van der Waals surface area contributed by atoms with E-state index in [0.29, 0.717) is 6.04 Å². The summed E-state index contributed by atoms with van der Waals surface area (Å²) in [6.07, 6.45) is 3.48. The quantitative estimate of drug-likeness (QED) is 0.723. The van der Waals surface area contributed by atoms with Crippen LogP contribution in [0.25, 0.3) is 0 Å². The number of fused-ring (bicyclic) bond motifs is 1. The lowest BCUT2D eigenvalue weighted by molar-refractivity contribution is 0.0185. The Balaban J connectivity index is 1.95. The molecule has 0 aromatic rings. The fraction of sp³-hybridized carbons (Fsp3) is 0.923. The van der Waals surface area contributed by atoms with Crippen LogP contribution in [-0.2, 0) is 4.74 Å². The van der Waals surface area contributed by atoms with Gasteiger partial charge in [-0.05, 0) is 45.4 Å². The van der Waals surface area contributed by atoms with E-state index in [4.69, 9.17) is 4.74 Å². The molecule has 16 heavy (non-hydrogen) atoms. The summed E-state index contributed by atoms with van der Waals surface area (Å²) < 4.78 is 5.45. The molecule has 3 atom stereocenters. The Morgan fingerprint density at radius 1 is 1.44 bits per heavy atom. The van der Waals surface area contributed by atoms with Crippen LogP contribution in [0.1, 0.15) is 47.0 Å². The van der Waals surface area contributed by atoms with Crippen LogP contribution in [0.5, 0.6) is 0 Å². The third-order valence-corrected chi connectivity index (χ3v) is 3.52. The number of carbonyl (C=O) groups excluding carboxylic acids is 1. The number of hydrogen-bond donors (Lipinski definition) is 0. The summed E-state index contributed by atoms with van der Waals surface area (Å²) in [5, 5.41) is 0. The second kappa shape index (κ2) is 3.94. The van der Waals surface area contributed by atoms with Gasteiger partial charge in [0.1, 0.15) is 5.60 Å². The lowest BCUT2D eigenvalue weighted by Gasteiger charge is -2.30. The summed E-state index contributed by atoms with van der Waals surface area (Å²) in [4.78, 5) is 14.0. The molecule has 1 saturated heterocycles. The summed E-state index contributed by atoms with van der Waals surface area (Å²) in [5.74, 6) is 1.54. The number of hydrogen-bond acceptors (Lipinski definition) is 2. The molecule has 1 aliphatic carbocycles. The van der Waals surface area contributed by atoms with Crippen LogP contribution in [0.4, 0.5) is 4.79 Å². The van der Waals surface area contributed by atoms with Crippen LogP contribution in [-0.4, -0.2) is 29.2 Å². The molecule has 3 nitrogen and oxygen atoms in total. The molecule has 0 spiro atoms. The van der Waals surface area contributed by atoms with Crippen LogP contribution in [0, 0.1) is 11.8 Å². The first-order valence-corrected chi connectivity index (χ1v) is 6.42. The van der Waals surface area contributed by atoms with E-state index in [-0.39, 0.29) is 11.7 Å². The SMILES string of the molecule is CCC[C@@H]1[C@@H]2C[C@@H]2CN1C(=O)OC(C)(C)C. The van der Waals surface area contributed by atoms with Gasteiger partial charge in [0.05, 0.1) is 0 Å². The van der Waals surface area contributed by atoms with Gasteiger partial charge in [-0.3, -0.25) is 0 Å². The highest BCUT2D eigenvalue weighted by atomic mass is 16.6. The Labute approximate surface area is 98.1 Å². The fourth-order valence-corrected chi connectivity index (χ4v) is 2.77. The zero-order chi connectivity index (χ0) is 11.9. The second-order valence-corrected chi connectivity index (χ2v) is 6.15. The minimum absolute atomic E-state index is 0.113. The molecular formula is C13H23NO2. The fourth-order valence-electron chi connectivity index (χ4n) is 2.77. The van der Waals surface area contributed by atoms with Gasteiger partial charge in [0, 0.05) is 12.6 Å². The molecule has 0 N–H and O–H groups in total. The van der Waals surface area contributed by atoms with Crippen LogP contribution in [0.2, 0.25) is 0 Å². The van der Waals surface area contributed by atoms with Crippen molar-refractivity contribution in [3.63, 3.8) is 0 Å². The second-order valence-electron chi connectivity index (χ2n) is 6.15. The molecule has 1 saturated carbocycles. The predicted octanol–water partition coefficient (Wildman–Crippen LogP) is 3.04. The van der Waals surface area contributed by atoms with Crippen molar-refractivity contribution in [1.29, 1.82) is 0 Å². The maximum absolute atomic E-state index is 12.0. The largest absolute Gasteiger partial charge is 0.444 e. The first-order chi connectivity index (χ1) is 7.42. The Bertz CT molecular complexity index is 282. The van der Waals surface area contributed by atoms with E-state index in [2.05, 4.69) is 6.92 Å². The van der Waals surface area contributed by atoms with Crippen LogP contribution in [0.15, 0.2) is 0 Å². The van der Waals surface area contributed by atoms with Crippen molar-refractivity contribution in [3.05, 3.63) is 0 Å². The number of piperidine rings is 1. The van der Waals surface area contributed by atoms with E-state index < -0.39 is 0 Å². The van der Waals surface area contributed by atoms with Crippen molar-refractivity contribution in [2.45, 2.75) is 58.6 Å². The van der Waals surface area contributed by atoms with Gasteiger partial charge >= 0.3 is 6.09 Å². The lowest BCUT2D eigenvalue weighted by atomic mass is 10.1. The van der Waals surface area contributed by atoms with Gasteiger partial charge in [-0.25, -0.2) is 4.79 Å². The van der Waals surface area contributed by atoms with E-state index in [1.54, 1.807) is 0 Å². The monoisotopic (exact) mass is 225 g/mol. The molecule has 0 unspecified atom stereocenters. The van der Waals surface area contributed by atoms with Gasteiger partial charge in [0.25, 0.3) is 0 Å². The van der Waals surface area contributed by atoms with E-state index in [1.165, 1.54) is 6.42 Å². The van der Waals surface area contributed by atoms with E-state index in [1.807, 2.05) is 25.7 Å². The highest BCUT2D eigenvalue weighted by Crippen LogP contribution is 2.51. The molecule has 1 aliphatic heterocycles. The molecule has 1 heterocycles. The average molecular weight is 225 g/mol. The van der Waals surface area contributed by atoms with Crippen molar-refractivity contribution in [2.24, 2.45) is 11.8 Å². The summed E-state index contributed by atoms with van der Waals surface area (Å²) in [6, 6.07) is 0.449. The number of ether oxygens (including phenoxy) is 1. The van der Waals surface area contributed by atoms with Gasteiger partial charge in [-0.1, -0.05) is 13.3 Å². The van der Waals surface area contributed by atoms with Crippen molar-refractivity contribution in [2.75, 3.05) is 6.54 Å². The predicted molar refractivity (Wildman–Crippen MR) is 63.2 cm³/mol.